The first-order valence-corrected chi connectivity index (χ1v) is 7.58. The molecule has 0 atom stereocenters. The molecule has 1 aromatic carbocycles. The number of halogens is 1. The van der Waals surface area contributed by atoms with E-state index in [1.165, 1.54) is 0 Å². The smallest absolute Gasteiger partial charge is 0.363 e. The normalized spacial score (nSPS) is 16.4. The molecule has 0 spiro atoms. The lowest BCUT2D eigenvalue weighted by Gasteiger charge is -2.02. The van der Waals surface area contributed by atoms with E-state index in [1.54, 1.807) is 17.4 Å². The summed E-state index contributed by atoms with van der Waals surface area (Å²) in [5, 5.41) is 0. The molecule has 0 bridgehead atoms. The third kappa shape index (κ3) is 2.59. The van der Waals surface area contributed by atoms with Gasteiger partial charge in [-0.3, -0.25) is 0 Å². The summed E-state index contributed by atoms with van der Waals surface area (Å²) >= 11 is 4.93. The standard InChI is InChI=1S/C15H10BrNO2S/c1-9-4-2-3-5-11(9)14-17-12(15(18)19-14)8-10-6-7-13(16)20-10/h2-8H,1H3. The number of aryl methyl sites for hydroxylation is 1. The van der Waals surface area contributed by atoms with Gasteiger partial charge in [0.2, 0.25) is 5.90 Å². The maximum absolute atomic E-state index is 11.9. The van der Waals surface area contributed by atoms with Gasteiger partial charge in [0.25, 0.3) is 0 Å². The van der Waals surface area contributed by atoms with Crippen molar-refractivity contribution in [2.24, 2.45) is 4.99 Å². The fourth-order valence-electron chi connectivity index (χ4n) is 1.88. The minimum absolute atomic E-state index is 0.331. The van der Waals surface area contributed by atoms with Crippen molar-refractivity contribution < 1.29 is 9.53 Å². The molecule has 5 heteroatoms. The molecule has 1 aliphatic rings. The van der Waals surface area contributed by atoms with Crippen LogP contribution >= 0.6 is 27.3 Å². The summed E-state index contributed by atoms with van der Waals surface area (Å²) in [6.45, 7) is 1.96. The van der Waals surface area contributed by atoms with Crippen LogP contribution in [0.5, 0.6) is 0 Å². The van der Waals surface area contributed by atoms with Crippen molar-refractivity contribution >= 4 is 45.2 Å². The van der Waals surface area contributed by atoms with Crippen LogP contribution < -0.4 is 0 Å². The molecule has 1 aliphatic heterocycles. The molecule has 2 aromatic rings. The van der Waals surface area contributed by atoms with Gasteiger partial charge in [-0.25, -0.2) is 9.79 Å². The largest absolute Gasteiger partial charge is 0.402 e. The van der Waals surface area contributed by atoms with Crippen LogP contribution in [0.15, 0.2) is 50.9 Å². The quantitative estimate of drug-likeness (QED) is 0.604. The number of carbonyl (C=O) groups excluding carboxylic acids is 1. The molecule has 3 rings (SSSR count). The molecule has 1 aromatic heterocycles. The van der Waals surface area contributed by atoms with Crippen LogP contribution in [0, 0.1) is 6.92 Å². The van der Waals surface area contributed by atoms with Gasteiger partial charge in [0, 0.05) is 10.4 Å². The number of rotatable bonds is 2. The Balaban J connectivity index is 1.97. The number of nitrogens with zero attached hydrogens (tertiary/aromatic N) is 1. The lowest BCUT2D eigenvalue weighted by molar-refractivity contribution is -0.129. The van der Waals surface area contributed by atoms with Gasteiger partial charge in [0.1, 0.15) is 0 Å². The molecule has 0 saturated heterocycles. The Morgan fingerprint density at radius 2 is 2.05 bits per heavy atom. The minimum atomic E-state index is -0.409. The van der Waals surface area contributed by atoms with E-state index in [1.807, 2.05) is 43.3 Å². The molecular weight excluding hydrogens is 338 g/mol. The average Bonchev–Trinajstić information content (AvgIpc) is 2.98. The molecule has 100 valence electrons. The maximum atomic E-state index is 11.9. The van der Waals surface area contributed by atoms with Crippen LogP contribution in [0.3, 0.4) is 0 Å². The first kappa shape index (κ1) is 13.3. The Bertz CT molecular complexity index is 746. The highest BCUT2D eigenvalue weighted by Crippen LogP contribution is 2.26. The lowest BCUT2D eigenvalue weighted by Crippen LogP contribution is -2.06. The molecule has 2 heterocycles. The number of carbonyl (C=O) groups is 1. The van der Waals surface area contributed by atoms with E-state index in [0.717, 1.165) is 19.8 Å². The third-order valence-electron chi connectivity index (χ3n) is 2.87. The van der Waals surface area contributed by atoms with Gasteiger partial charge in [-0.05, 0) is 52.7 Å². The number of thiophene rings is 1. The molecule has 0 fully saturated rings. The number of benzene rings is 1. The van der Waals surface area contributed by atoms with Crippen LogP contribution in [0.4, 0.5) is 0 Å². The topological polar surface area (TPSA) is 38.7 Å². The van der Waals surface area contributed by atoms with Crippen molar-refractivity contribution in [3.63, 3.8) is 0 Å². The molecule has 3 nitrogen and oxygen atoms in total. The molecule has 0 aliphatic carbocycles. The van der Waals surface area contributed by atoms with Gasteiger partial charge in [0.05, 0.1) is 3.79 Å². The van der Waals surface area contributed by atoms with Gasteiger partial charge >= 0.3 is 5.97 Å². The molecule has 0 radical (unpaired) electrons. The Labute approximate surface area is 128 Å². The fourth-order valence-corrected chi connectivity index (χ4v) is 3.24. The van der Waals surface area contributed by atoms with Crippen molar-refractivity contribution in [2.45, 2.75) is 6.92 Å². The average molecular weight is 348 g/mol. The Morgan fingerprint density at radius 3 is 2.75 bits per heavy atom. The van der Waals surface area contributed by atoms with Crippen LogP contribution in [0.1, 0.15) is 16.0 Å². The summed E-state index contributed by atoms with van der Waals surface area (Å²) in [6, 6.07) is 11.6. The van der Waals surface area contributed by atoms with E-state index in [2.05, 4.69) is 20.9 Å². The number of cyclic esters (lactones) is 1. The summed E-state index contributed by atoms with van der Waals surface area (Å²) in [4.78, 5) is 17.1. The van der Waals surface area contributed by atoms with E-state index in [0.29, 0.717) is 11.6 Å². The van der Waals surface area contributed by atoms with Gasteiger partial charge < -0.3 is 4.74 Å². The Morgan fingerprint density at radius 1 is 1.25 bits per heavy atom. The summed E-state index contributed by atoms with van der Waals surface area (Å²) in [5.74, 6) is -0.0391. The number of hydrogen-bond donors (Lipinski definition) is 0. The van der Waals surface area contributed by atoms with Crippen LogP contribution in [-0.4, -0.2) is 11.9 Å². The van der Waals surface area contributed by atoms with E-state index < -0.39 is 5.97 Å². The zero-order valence-corrected chi connectivity index (χ0v) is 13.0. The number of ether oxygens (including phenoxy) is 1. The highest BCUT2D eigenvalue weighted by Gasteiger charge is 2.25. The number of hydrogen-bond acceptors (Lipinski definition) is 4. The molecule has 0 saturated carbocycles. The maximum Gasteiger partial charge on any atom is 0.363 e. The number of esters is 1. The second-order valence-corrected chi connectivity index (χ2v) is 6.79. The predicted molar refractivity (Wildman–Crippen MR) is 83.8 cm³/mol. The van der Waals surface area contributed by atoms with E-state index in [-0.39, 0.29) is 0 Å². The van der Waals surface area contributed by atoms with E-state index >= 15 is 0 Å². The summed E-state index contributed by atoms with van der Waals surface area (Å²) in [5.41, 5.74) is 2.20. The van der Waals surface area contributed by atoms with E-state index in [9.17, 15) is 4.79 Å². The van der Waals surface area contributed by atoms with Gasteiger partial charge in [-0.1, -0.05) is 18.2 Å². The SMILES string of the molecule is Cc1ccccc1C1=NC(=Cc2ccc(Br)s2)C(=O)O1. The lowest BCUT2D eigenvalue weighted by atomic mass is 10.1. The van der Waals surface area contributed by atoms with E-state index in [4.69, 9.17) is 4.74 Å². The van der Waals surface area contributed by atoms with Gasteiger partial charge in [0.15, 0.2) is 5.70 Å². The summed E-state index contributed by atoms with van der Waals surface area (Å²) < 4.78 is 6.27. The third-order valence-corrected chi connectivity index (χ3v) is 4.44. The van der Waals surface area contributed by atoms with Crippen LogP contribution in [-0.2, 0) is 9.53 Å². The molecule has 0 N–H and O–H groups in total. The van der Waals surface area contributed by atoms with Crippen molar-refractivity contribution in [3.8, 4) is 0 Å². The highest BCUT2D eigenvalue weighted by molar-refractivity contribution is 9.11. The molecule has 0 amide bonds. The summed E-state index contributed by atoms with van der Waals surface area (Å²) in [6.07, 6.45) is 1.74. The number of aliphatic imine (C=N–C) groups is 1. The Hall–Kier alpha value is -1.72. The Kier molecular flexibility index (Phi) is 3.54. The minimum Gasteiger partial charge on any atom is -0.402 e. The first-order valence-electron chi connectivity index (χ1n) is 5.97. The van der Waals surface area contributed by atoms with Crippen molar-refractivity contribution in [1.29, 1.82) is 0 Å². The highest BCUT2D eigenvalue weighted by atomic mass is 79.9. The second-order valence-electron chi connectivity index (χ2n) is 4.29. The first-order chi connectivity index (χ1) is 9.63. The molecule has 0 unspecified atom stereocenters. The zero-order chi connectivity index (χ0) is 14.1. The van der Waals surface area contributed by atoms with Crippen molar-refractivity contribution in [1.82, 2.24) is 0 Å². The summed E-state index contributed by atoms with van der Waals surface area (Å²) in [7, 11) is 0. The second kappa shape index (κ2) is 5.34. The van der Waals surface area contributed by atoms with Crippen LogP contribution in [0.25, 0.3) is 6.08 Å². The molecule has 20 heavy (non-hydrogen) atoms. The van der Waals surface area contributed by atoms with Gasteiger partial charge in [-0.2, -0.15) is 0 Å². The molecular formula is C15H10BrNO2S. The van der Waals surface area contributed by atoms with Crippen molar-refractivity contribution in [2.75, 3.05) is 0 Å². The monoisotopic (exact) mass is 347 g/mol. The van der Waals surface area contributed by atoms with Gasteiger partial charge in [-0.15, -0.1) is 11.3 Å². The fraction of sp³-hybridized carbons (Fsp3) is 0.0667. The predicted octanol–water partition coefficient (Wildman–Crippen LogP) is 4.16. The zero-order valence-electron chi connectivity index (χ0n) is 10.6. The van der Waals surface area contributed by atoms with Crippen LogP contribution in [0.2, 0.25) is 0 Å². The van der Waals surface area contributed by atoms with Crippen molar-refractivity contribution in [3.05, 3.63) is 61.9 Å².